The minimum atomic E-state index is -0.0664. The summed E-state index contributed by atoms with van der Waals surface area (Å²) in [6.07, 6.45) is 8.56. The maximum Gasteiger partial charge on any atom is 0.317 e. The van der Waals surface area contributed by atoms with Gasteiger partial charge in [-0.3, -0.25) is 9.78 Å². The highest BCUT2D eigenvalue weighted by Gasteiger charge is 2.27. The molecule has 2 aliphatic rings. The third kappa shape index (κ3) is 6.20. The van der Waals surface area contributed by atoms with Crippen molar-refractivity contribution in [3.8, 4) is 0 Å². The van der Waals surface area contributed by atoms with Crippen LogP contribution in [0.4, 0.5) is 4.79 Å². The summed E-state index contributed by atoms with van der Waals surface area (Å²) in [6, 6.07) is 3.73. The van der Waals surface area contributed by atoms with Gasteiger partial charge >= 0.3 is 6.03 Å². The third-order valence-corrected chi connectivity index (χ3v) is 5.47. The molecule has 3 heterocycles. The summed E-state index contributed by atoms with van der Waals surface area (Å²) in [4.78, 5) is 32.9. The number of urea groups is 1. The van der Waals surface area contributed by atoms with Gasteiger partial charge in [0.05, 0.1) is 0 Å². The predicted octanol–water partition coefficient (Wildman–Crippen LogP) is 1.61. The number of aromatic nitrogens is 1. The van der Waals surface area contributed by atoms with Crippen LogP contribution in [0.5, 0.6) is 0 Å². The van der Waals surface area contributed by atoms with Crippen LogP contribution in [0.25, 0.3) is 0 Å². The van der Waals surface area contributed by atoms with Crippen molar-refractivity contribution < 1.29 is 9.59 Å². The molecule has 27 heavy (non-hydrogen) atoms. The van der Waals surface area contributed by atoms with Crippen LogP contribution in [0.2, 0.25) is 0 Å². The lowest BCUT2D eigenvalue weighted by Gasteiger charge is -2.31. The third-order valence-electron chi connectivity index (χ3n) is 5.47. The quantitative estimate of drug-likeness (QED) is 0.712. The standard InChI is InChI=1S/C20H31N5O2/c26-19(22-9-4-12-24-10-1-2-11-24)18-6-13-25(14-7-18)20(27)23-16-17-5-3-8-21-15-17/h3,5,8,15,18H,1-2,4,6-7,9-14,16H2,(H,22,26)(H,23,27). The predicted molar refractivity (Wildman–Crippen MR) is 104 cm³/mol. The minimum absolute atomic E-state index is 0.0270. The van der Waals surface area contributed by atoms with Crippen molar-refractivity contribution in [2.24, 2.45) is 5.92 Å². The fourth-order valence-electron chi connectivity index (χ4n) is 3.80. The Bertz CT molecular complexity index is 596. The van der Waals surface area contributed by atoms with Crippen LogP contribution in [0.3, 0.4) is 0 Å². The molecule has 0 aliphatic carbocycles. The zero-order valence-corrected chi connectivity index (χ0v) is 16.0. The molecule has 7 nitrogen and oxygen atoms in total. The van der Waals surface area contributed by atoms with Gasteiger partial charge in [-0.15, -0.1) is 0 Å². The molecule has 3 rings (SSSR count). The summed E-state index contributed by atoms with van der Waals surface area (Å²) >= 11 is 0. The molecule has 7 heteroatoms. The summed E-state index contributed by atoms with van der Waals surface area (Å²) in [5, 5.41) is 6.00. The molecule has 0 saturated carbocycles. The van der Waals surface area contributed by atoms with Crippen LogP contribution < -0.4 is 10.6 Å². The second-order valence-electron chi connectivity index (χ2n) is 7.47. The molecule has 3 amide bonds. The van der Waals surface area contributed by atoms with E-state index >= 15 is 0 Å². The maximum atomic E-state index is 12.3. The molecular formula is C20H31N5O2. The van der Waals surface area contributed by atoms with E-state index in [4.69, 9.17) is 0 Å². The zero-order chi connectivity index (χ0) is 18.9. The molecule has 148 valence electrons. The van der Waals surface area contributed by atoms with Gasteiger partial charge in [-0.2, -0.15) is 0 Å². The van der Waals surface area contributed by atoms with Crippen molar-refractivity contribution in [2.75, 3.05) is 39.3 Å². The lowest BCUT2D eigenvalue weighted by atomic mass is 9.96. The van der Waals surface area contributed by atoms with E-state index in [-0.39, 0.29) is 17.9 Å². The van der Waals surface area contributed by atoms with E-state index in [0.29, 0.717) is 19.6 Å². The molecule has 2 N–H and O–H groups in total. The van der Waals surface area contributed by atoms with Gasteiger partial charge in [0, 0.05) is 44.5 Å². The highest BCUT2D eigenvalue weighted by Crippen LogP contribution is 2.17. The normalized spacial score (nSPS) is 18.4. The Morgan fingerprint density at radius 3 is 2.59 bits per heavy atom. The zero-order valence-electron chi connectivity index (χ0n) is 16.0. The van der Waals surface area contributed by atoms with Gasteiger partial charge in [0.15, 0.2) is 0 Å². The Labute approximate surface area is 161 Å². The average molecular weight is 374 g/mol. The van der Waals surface area contributed by atoms with Crippen LogP contribution >= 0.6 is 0 Å². The van der Waals surface area contributed by atoms with Crippen molar-refractivity contribution >= 4 is 11.9 Å². The molecule has 1 aromatic heterocycles. The lowest BCUT2D eigenvalue weighted by molar-refractivity contribution is -0.126. The number of rotatable bonds is 7. The molecule has 0 aromatic carbocycles. The molecule has 2 aliphatic heterocycles. The van der Waals surface area contributed by atoms with E-state index < -0.39 is 0 Å². The summed E-state index contributed by atoms with van der Waals surface area (Å²) in [5.41, 5.74) is 0.981. The van der Waals surface area contributed by atoms with Crippen molar-refractivity contribution in [3.05, 3.63) is 30.1 Å². The van der Waals surface area contributed by atoms with Gasteiger partial charge in [-0.05, 0) is 63.4 Å². The SMILES string of the molecule is O=C(NCCCN1CCCC1)C1CCN(C(=O)NCc2cccnc2)CC1. The van der Waals surface area contributed by atoms with Crippen LogP contribution in [0.1, 0.15) is 37.7 Å². The molecular weight excluding hydrogens is 342 g/mol. The largest absolute Gasteiger partial charge is 0.356 e. The number of nitrogens with zero attached hydrogens (tertiary/aromatic N) is 3. The molecule has 0 spiro atoms. The first kappa shape index (κ1) is 19.6. The topological polar surface area (TPSA) is 77.6 Å². The van der Waals surface area contributed by atoms with Crippen LogP contribution in [-0.2, 0) is 11.3 Å². The highest BCUT2D eigenvalue weighted by molar-refractivity contribution is 5.79. The van der Waals surface area contributed by atoms with Crippen LogP contribution in [0, 0.1) is 5.92 Å². The smallest absolute Gasteiger partial charge is 0.317 e. The highest BCUT2D eigenvalue weighted by atomic mass is 16.2. The van der Waals surface area contributed by atoms with Crippen LogP contribution in [0.15, 0.2) is 24.5 Å². The van der Waals surface area contributed by atoms with Gasteiger partial charge in [0.1, 0.15) is 0 Å². The van der Waals surface area contributed by atoms with Gasteiger partial charge in [-0.25, -0.2) is 4.79 Å². The lowest BCUT2D eigenvalue weighted by Crippen LogP contribution is -2.46. The van der Waals surface area contributed by atoms with Gasteiger partial charge in [-0.1, -0.05) is 6.07 Å². The Hall–Kier alpha value is -2.15. The summed E-state index contributed by atoms with van der Waals surface area (Å²) < 4.78 is 0. The number of pyridine rings is 1. The summed E-state index contributed by atoms with van der Waals surface area (Å²) in [7, 11) is 0. The van der Waals surface area contributed by atoms with E-state index in [2.05, 4.69) is 20.5 Å². The number of carbonyl (C=O) groups excluding carboxylic acids is 2. The van der Waals surface area contributed by atoms with E-state index in [1.807, 2.05) is 12.1 Å². The van der Waals surface area contributed by atoms with E-state index in [0.717, 1.165) is 37.9 Å². The van der Waals surface area contributed by atoms with E-state index in [1.165, 1.54) is 25.9 Å². The van der Waals surface area contributed by atoms with Gasteiger partial charge in [0.2, 0.25) is 5.91 Å². The second-order valence-corrected chi connectivity index (χ2v) is 7.47. The number of nitrogens with one attached hydrogen (secondary N) is 2. The first-order chi connectivity index (χ1) is 13.2. The number of piperidine rings is 1. The first-order valence-electron chi connectivity index (χ1n) is 10.1. The maximum absolute atomic E-state index is 12.3. The van der Waals surface area contributed by atoms with Crippen molar-refractivity contribution in [1.82, 2.24) is 25.4 Å². The first-order valence-corrected chi connectivity index (χ1v) is 10.1. The minimum Gasteiger partial charge on any atom is -0.356 e. The van der Waals surface area contributed by atoms with Crippen LogP contribution in [-0.4, -0.2) is 66.0 Å². The molecule has 0 radical (unpaired) electrons. The molecule has 2 fully saturated rings. The van der Waals surface area contributed by atoms with Crippen molar-refractivity contribution in [1.29, 1.82) is 0 Å². The summed E-state index contributed by atoms with van der Waals surface area (Å²) in [6.45, 7) is 5.97. The van der Waals surface area contributed by atoms with E-state index in [9.17, 15) is 9.59 Å². The fourth-order valence-corrected chi connectivity index (χ4v) is 3.80. The Morgan fingerprint density at radius 1 is 1.11 bits per heavy atom. The number of carbonyl (C=O) groups is 2. The Morgan fingerprint density at radius 2 is 1.89 bits per heavy atom. The summed E-state index contributed by atoms with van der Waals surface area (Å²) in [5.74, 6) is 0.172. The second kappa shape index (κ2) is 10.3. The van der Waals surface area contributed by atoms with E-state index in [1.54, 1.807) is 17.3 Å². The monoisotopic (exact) mass is 373 g/mol. The number of likely N-dealkylation sites (tertiary alicyclic amines) is 2. The molecule has 0 unspecified atom stereocenters. The number of hydrogen-bond donors (Lipinski definition) is 2. The Balaban J connectivity index is 1.29. The number of amides is 3. The van der Waals surface area contributed by atoms with Gasteiger partial charge in [0.25, 0.3) is 0 Å². The number of hydrogen-bond acceptors (Lipinski definition) is 4. The molecule has 2 saturated heterocycles. The van der Waals surface area contributed by atoms with Crippen molar-refractivity contribution in [2.45, 2.75) is 38.6 Å². The average Bonchev–Trinajstić information content (AvgIpc) is 3.24. The molecule has 1 aromatic rings. The Kier molecular flexibility index (Phi) is 7.45. The van der Waals surface area contributed by atoms with Crippen molar-refractivity contribution in [3.63, 3.8) is 0 Å². The van der Waals surface area contributed by atoms with Gasteiger partial charge < -0.3 is 20.4 Å². The molecule has 0 atom stereocenters. The molecule has 0 bridgehead atoms. The fraction of sp³-hybridized carbons (Fsp3) is 0.650.